The number of aromatic nitrogens is 3. The van der Waals surface area contributed by atoms with E-state index in [1.165, 1.54) is 17.7 Å². The Morgan fingerprint density at radius 1 is 0.971 bits per heavy atom. The van der Waals surface area contributed by atoms with Crippen molar-refractivity contribution in [3.05, 3.63) is 108 Å². The van der Waals surface area contributed by atoms with E-state index in [-0.39, 0.29) is 11.7 Å². The molecule has 5 nitrogen and oxygen atoms in total. The maximum Gasteiger partial charge on any atom is 0.256 e. The van der Waals surface area contributed by atoms with Crippen molar-refractivity contribution in [3.8, 4) is 16.9 Å². The lowest BCUT2D eigenvalue weighted by Gasteiger charge is -2.12. The van der Waals surface area contributed by atoms with Crippen LogP contribution in [0.3, 0.4) is 0 Å². The van der Waals surface area contributed by atoms with Crippen LogP contribution < -0.4 is 5.32 Å². The SMILES string of the molecule is Cc1c(-c2cc(C(=O)Nc3ccc(C(C)C)cc3)c3ccccc3n2)cnn1-c1ccc(F)cc1. The van der Waals surface area contributed by atoms with Crippen molar-refractivity contribution >= 4 is 22.5 Å². The molecule has 5 rings (SSSR count). The van der Waals surface area contributed by atoms with Gasteiger partial charge in [0, 0.05) is 16.6 Å². The van der Waals surface area contributed by atoms with Crippen molar-refractivity contribution < 1.29 is 9.18 Å². The average molecular weight is 465 g/mol. The number of carbonyl (C=O) groups excluding carboxylic acids is 1. The van der Waals surface area contributed by atoms with Crippen molar-refractivity contribution in [1.82, 2.24) is 14.8 Å². The molecular formula is C29H25FN4O. The van der Waals surface area contributed by atoms with Crippen LogP contribution in [0.1, 0.15) is 41.4 Å². The smallest absolute Gasteiger partial charge is 0.256 e. The van der Waals surface area contributed by atoms with Crippen molar-refractivity contribution in [2.75, 3.05) is 5.32 Å². The minimum absolute atomic E-state index is 0.203. The number of nitrogens with one attached hydrogen (secondary N) is 1. The highest BCUT2D eigenvalue weighted by molar-refractivity contribution is 6.13. The Kier molecular flexibility index (Phi) is 5.87. The van der Waals surface area contributed by atoms with Gasteiger partial charge in [-0.15, -0.1) is 0 Å². The quantitative estimate of drug-likeness (QED) is 0.307. The van der Waals surface area contributed by atoms with Crippen LogP contribution in [0.5, 0.6) is 0 Å². The van der Waals surface area contributed by atoms with Crippen LogP contribution in [-0.4, -0.2) is 20.7 Å². The Hall–Kier alpha value is -4.32. The molecule has 1 amide bonds. The second kappa shape index (κ2) is 9.14. The van der Waals surface area contributed by atoms with Gasteiger partial charge in [-0.1, -0.05) is 44.2 Å². The summed E-state index contributed by atoms with van der Waals surface area (Å²) in [7, 11) is 0. The van der Waals surface area contributed by atoms with Gasteiger partial charge in [-0.3, -0.25) is 4.79 Å². The Labute approximate surface area is 203 Å². The van der Waals surface area contributed by atoms with E-state index in [0.717, 1.165) is 33.5 Å². The van der Waals surface area contributed by atoms with Gasteiger partial charge >= 0.3 is 0 Å². The molecule has 0 aliphatic heterocycles. The molecule has 174 valence electrons. The van der Waals surface area contributed by atoms with Crippen LogP contribution in [0, 0.1) is 12.7 Å². The predicted molar refractivity (Wildman–Crippen MR) is 137 cm³/mol. The zero-order chi connectivity index (χ0) is 24.5. The molecular weight excluding hydrogens is 439 g/mol. The molecule has 0 aliphatic rings. The van der Waals surface area contributed by atoms with Crippen LogP contribution >= 0.6 is 0 Å². The van der Waals surface area contributed by atoms with E-state index in [2.05, 4.69) is 24.3 Å². The van der Waals surface area contributed by atoms with E-state index in [1.54, 1.807) is 29.1 Å². The van der Waals surface area contributed by atoms with Crippen LogP contribution in [-0.2, 0) is 0 Å². The number of pyridine rings is 1. The van der Waals surface area contributed by atoms with E-state index < -0.39 is 0 Å². The van der Waals surface area contributed by atoms with E-state index in [4.69, 9.17) is 4.98 Å². The topological polar surface area (TPSA) is 59.8 Å². The average Bonchev–Trinajstić information content (AvgIpc) is 3.25. The minimum atomic E-state index is -0.301. The third kappa shape index (κ3) is 4.43. The lowest BCUT2D eigenvalue weighted by molar-refractivity contribution is 0.102. The van der Waals surface area contributed by atoms with E-state index in [9.17, 15) is 9.18 Å². The highest BCUT2D eigenvalue weighted by Crippen LogP contribution is 2.29. The zero-order valence-electron chi connectivity index (χ0n) is 19.8. The van der Waals surface area contributed by atoms with Crippen molar-refractivity contribution in [2.24, 2.45) is 0 Å². The molecule has 0 bridgehead atoms. The largest absolute Gasteiger partial charge is 0.322 e. The molecule has 2 aromatic heterocycles. The summed E-state index contributed by atoms with van der Waals surface area (Å²) in [4.78, 5) is 18.2. The Bertz CT molecular complexity index is 1520. The van der Waals surface area contributed by atoms with Crippen LogP contribution in [0.4, 0.5) is 10.1 Å². The fraction of sp³-hybridized carbons (Fsp3) is 0.138. The van der Waals surface area contributed by atoms with Gasteiger partial charge < -0.3 is 5.32 Å². The van der Waals surface area contributed by atoms with Crippen LogP contribution in [0.15, 0.2) is 85.1 Å². The molecule has 0 saturated heterocycles. The summed E-state index contributed by atoms with van der Waals surface area (Å²) in [5.74, 6) is -0.0827. The Morgan fingerprint density at radius 3 is 2.40 bits per heavy atom. The highest BCUT2D eigenvalue weighted by Gasteiger charge is 2.17. The first-order chi connectivity index (χ1) is 16.9. The number of benzene rings is 3. The van der Waals surface area contributed by atoms with Gasteiger partial charge in [0.2, 0.25) is 0 Å². The second-order valence-electron chi connectivity index (χ2n) is 8.83. The number of anilines is 1. The molecule has 0 saturated carbocycles. The van der Waals surface area contributed by atoms with Gasteiger partial charge in [0.05, 0.1) is 34.4 Å². The van der Waals surface area contributed by atoms with Gasteiger partial charge in [0.25, 0.3) is 5.91 Å². The maximum atomic E-state index is 13.4. The van der Waals surface area contributed by atoms with E-state index in [1.807, 2.05) is 55.5 Å². The summed E-state index contributed by atoms with van der Waals surface area (Å²) in [5.41, 5.74) is 6.25. The molecule has 0 radical (unpaired) electrons. The minimum Gasteiger partial charge on any atom is -0.322 e. The number of carbonyl (C=O) groups is 1. The summed E-state index contributed by atoms with van der Waals surface area (Å²) in [6.07, 6.45) is 1.72. The molecule has 2 heterocycles. The standard InChI is InChI=1S/C29H25FN4O/c1-18(2)20-8-12-22(13-9-20)32-29(35)25-16-28(33-27-7-5-4-6-24(25)27)26-17-31-34(19(26)3)23-14-10-21(30)11-15-23/h4-18H,1-3H3,(H,32,35). The number of amides is 1. The van der Waals surface area contributed by atoms with Gasteiger partial charge in [-0.2, -0.15) is 5.10 Å². The number of hydrogen-bond acceptors (Lipinski definition) is 3. The predicted octanol–water partition coefficient (Wildman–Crippen LogP) is 6.91. The van der Waals surface area contributed by atoms with Gasteiger partial charge in [0.15, 0.2) is 0 Å². The fourth-order valence-electron chi connectivity index (χ4n) is 4.15. The molecule has 5 aromatic rings. The molecule has 6 heteroatoms. The third-order valence-corrected chi connectivity index (χ3v) is 6.15. The summed E-state index contributed by atoms with van der Waals surface area (Å²) in [5, 5.41) is 8.29. The molecule has 0 unspecified atom stereocenters. The Morgan fingerprint density at radius 2 is 1.69 bits per heavy atom. The molecule has 1 N–H and O–H groups in total. The number of fused-ring (bicyclic) bond motifs is 1. The van der Waals surface area contributed by atoms with Crippen LogP contribution in [0.25, 0.3) is 27.8 Å². The summed E-state index contributed by atoms with van der Waals surface area (Å²) >= 11 is 0. The maximum absolute atomic E-state index is 13.4. The van der Waals surface area contributed by atoms with Crippen molar-refractivity contribution in [3.63, 3.8) is 0 Å². The van der Waals surface area contributed by atoms with E-state index in [0.29, 0.717) is 17.2 Å². The van der Waals surface area contributed by atoms with Gasteiger partial charge in [-0.25, -0.2) is 14.1 Å². The Balaban J connectivity index is 1.54. The number of halogens is 1. The summed E-state index contributed by atoms with van der Waals surface area (Å²) in [6.45, 7) is 6.20. The highest BCUT2D eigenvalue weighted by atomic mass is 19.1. The second-order valence-corrected chi connectivity index (χ2v) is 8.83. The third-order valence-electron chi connectivity index (χ3n) is 6.15. The van der Waals surface area contributed by atoms with Crippen molar-refractivity contribution in [1.29, 1.82) is 0 Å². The lowest BCUT2D eigenvalue weighted by Crippen LogP contribution is -2.13. The van der Waals surface area contributed by atoms with E-state index >= 15 is 0 Å². The summed E-state index contributed by atoms with van der Waals surface area (Å²) in [6, 6.07) is 23.5. The molecule has 35 heavy (non-hydrogen) atoms. The van der Waals surface area contributed by atoms with Gasteiger partial charge in [0.1, 0.15) is 5.82 Å². The monoisotopic (exact) mass is 464 g/mol. The number of para-hydroxylation sites is 1. The normalized spacial score (nSPS) is 11.2. The lowest BCUT2D eigenvalue weighted by atomic mass is 10.0. The summed E-state index contributed by atoms with van der Waals surface area (Å²) < 4.78 is 15.1. The van der Waals surface area contributed by atoms with Crippen molar-refractivity contribution in [2.45, 2.75) is 26.7 Å². The zero-order valence-corrected chi connectivity index (χ0v) is 19.8. The molecule has 0 atom stereocenters. The first-order valence-electron chi connectivity index (χ1n) is 11.5. The fourth-order valence-corrected chi connectivity index (χ4v) is 4.15. The molecule has 0 aliphatic carbocycles. The molecule has 0 spiro atoms. The number of rotatable bonds is 5. The van der Waals surface area contributed by atoms with Crippen LogP contribution in [0.2, 0.25) is 0 Å². The first kappa shape index (κ1) is 22.5. The first-order valence-corrected chi connectivity index (χ1v) is 11.5. The number of nitrogens with zero attached hydrogens (tertiary/aromatic N) is 3. The molecule has 3 aromatic carbocycles. The molecule has 0 fully saturated rings. The van der Waals surface area contributed by atoms with Gasteiger partial charge in [-0.05, 0) is 66.9 Å². The number of hydrogen-bond donors (Lipinski definition) is 1.